The Morgan fingerprint density at radius 3 is 2.56 bits per heavy atom. The molecular formula is C13H22NOP. The molecule has 0 aliphatic carbocycles. The highest BCUT2D eigenvalue weighted by Gasteiger charge is 2.10. The van der Waals surface area contributed by atoms with Gasteiger partial charge >= 0.3 is 0 Å². The van der Waals surface area contributed by atoms with Crippen LogP contribution in [0.15, 0.2) is 24.3 Å². The van der Waals surface area contributed by atoms with Crippen LogP contribution < -0.4 is 0 Å². The quantitative estimate of drug-likeness (QED) is 0.734. The number of aryl methyl sites for hydroxylation is 1. The number of nitrogens with zero attached hydrogens (tertiary/aromatic N) is 1. The Morgan fingerprint density at radius 1 is 1.25 bits per heavy atom. The fourth-order valence-corrected chi connectivity index (χ4v) is 1.83. The zero-order chi connectivity index (χ0) is 11.8. The molecule has 3 heteroatoms. The Kier molecular flexibility index (Phi) is 6.63. The summed E-state index contributed by atoms with van der Waals surface area (Å²) in [4.78, 5) is 2.44. The molecule has 0 spiro atoms. The summed E-state index contributed by atoms with van der Waals surface area (Å²) >= 11 is 0. The highest BCUT2D eigenvalue weighted by atomic mass is 31.0. The molecule has 0 aromatic heterocycles. The van der Waals surface area contributed by atoms with E-state index in [1.54, 1.807) is 0 Å². The van der Waals surface area contributed by atoms with Crippen molar-refractivity contribution >= 4 is 9.24 Å². The monoisotopic (exact) mass is 239 g/mol. The summed E-state index contributed by atoms with van der Waals surface area (Å²) in [5, 5.41) is 0. The largest absolute Gasteiger partial charge is 0.379 e. The fourth-order valence-electron chi connectivity index (χ4n) is 1.83. The first-order valence-corrected chi connectivity index (χ1v) is 6.93. The molecule has 1 atom stereocenters. The molecule has 0 N–H and O–H groups in total. The summed E-state index contributed by atoms with van der Waals surface area (Å²) in [7, 11) is 2.42. The van der Waals surface area contributed by atoms with Crippen LogP contribution in [0.1, 0.15) is 11.1 Å². The van der Waals surface area contributed by atoms with Gasteiger partial charge in [0.05, 0.1) is 13.2 Å². The van der Waals surface area contributed by atoms with Crippen LogP contribution in [0.2, 0.25) is 0 Å². The molecule has 0 saturated carbocycles. The molecule has 2 nitrogen and oxygen atoms in total. The van der Waals surface area contributed by atoms with Crippen molar-refractivity contribution in [2.45, 2.75) is 13.5 Å². The second kappa shape index (κ2) is 7.78. The molecule has 1 aromatic rings. The molecule has 1 aliphatic rings. The van der Waals surface area contributed by atoms with Crippen LogP contribution >= 0.6 is 9.24 Å². The van der Waals surface area contributed by atoms with E-state index in [2.05, 4.69) is 45.3 Å². The lowest BCUT2D eigenvalue weighted by Gasteiger charge is -2.26. The lowest BCUT2D eigenvalue weighted by Crippen LogP contribution is -2.35. The molecule has 1 fully saturated rings. The van der Waals surface area contributed by atoms with Crippen molar-refractivity contribution in [2.24, 2.45) is 0 Å². The summed E-state index contributed by atoms with van der Waals surface area (Å²) in [6.45, 7) is 9.01. The Labute approximate surface area is 101 Å². The summed E-state index contributed by atoms with van der Waals surface area (Å²) in [5.41, 5.74) is 2.75. The highest BCUT2D eigenvalue weighted by molar-refractivity contribution is 7.15. The number of hydrogen-bond acceptors (Lipinski definition) is 2. The molecule has 16 heavy (non-hydrogen) atoms. The minimum Gasteiger partial charge on any atom is -0.379 e. The molecule has 1 unspecified atom stereocenters. The second-order valence-electron chi connectivity index (χ2n) is 3.88. The standard InChI is InChI=1S/C12H17NO.CH5P/c1-11-3-2-4-12(9-11)10-13-5-7-14-8-6-13;1-2/h2-4,9H,5-8,10H2,1H3;2H2,1H3. The van der Waals surface area contributed by atoms with Gasteiger partial charge in [0.1, 0.15) is 0 Å². The minimum atomic E-state index is 0.881. The van der Waals surface area contributed by atoms with Crippen LogP contribution in [-0.4, -0.2) is 37.9 Å². The van der Waals surface area contributed by atoms with Gasteiger partial charge in [-0.2, -0.15) is 0 Å². The molecule has 0 radical (unpaired) electrons. The number of ether oxygens (including phenoxy) is 1. The van der Waals surface area contributed by atoms with Crippen LogP contribution in [0.5, 0.6) is 0 Å². The molecule has 1 saturated heterocycles. The van der Waals surface area contributed by atoms with Crippen LogP contribution in [0, 0.1) is 6.92 Å². The average Bonchev–Trinajstić information content (AvgIpc) is 2.33. The van der Waals surface area contributed by atoms with Crippen molar-refractivity contribution in [3.63, 3.8) is 0 Å². The molecule has 0 bridgehead atoms. The molecule has 2 rings (SSSR count). The summed E-state index contributed by atoms with van der Waals surface area (Å²) in [5.74, 6) is 0. The number of morpholine rings is 1. The third kappa shape index (κ3) is 4.61. The smallest absolute Gasteiger partial charge is 0.0594 e. The Balaban J connectivity index is 0.000000606. The van der Waals surface area contributed by atoms with Crippen molar-refractivity contribution in [1.82, 2.24) is 4.90 Å². The summed E-state index contributed by atoms with van der Waals surface area (Å²) in [6, 6.07) is 8.73. The number of hydrogen-bond donors (Lipinski definition) is 0. The van der Waals surface area contributed by atoms with Crippen molar-refractivity contribution in [1.29, 1.82) is 0 Å². The third-order valence-corrected chi connectivity index (χ3v) is 2.59. The van der Waals surface area contributed by atoms with Gasteiger partial charge in [-0.3, -0.25) is 4.90 Å². The van der Waals surface area contributed by atoms with E-state index in [1.165, 1.54) is 11.1 Å². The van der Waals surface area contributed by atoms with E-state index in [0.29, 0.717) is 0 Å². The average molecular weight is 239 g/mol. The molecule has 1 aliphatic heterocycles. The topological polar surface area (TPSA) is 12.5 Å². The van der Waals surface area contributed by atoms with E-state index in [1.807, 2.05) is 6.66 Å². The van der Waals surface area contributed by atoms with Gasteiger partial charge in [0, 0.05) is 19.6 Å². The fraction of sp³-hybridized carbons (Fsp3) is 0.538. The Bertz CT molecular complexity index is 298. The minimum absolute atomic E-state index is 0.881. The first-order valence-electron chi connectivity index (χ1n) is 5.78. The zero-order valence-electron chi connectivity index (χ0n) is 10.3. The van der Waals surface area contributed by atoms with Crippen LogP contribution in [0.4, 0.5) is 0 Å². The molecular weight excluding hydrogens is 217 g/mol. The van der Waals surface area contributed by atoms with Crippen LogP contribution in [-0.2, 0) is 11.3 Å². The van der Waals surface area contributed by atoms with Gasteiger partial charge < -0.3 is 4.74 Å². The van der Waals surface area contributed by atoms with E-state index < -0.39 is 0 Å². The maximum Gasteiger partial charge on any atom is 0.0594 e. The third-order valence-electron chi connectivity index (χ3n) is 2.59. The van der Waals surface area contributed by atoms with Gasteiger partial charge in [0.2, 0.25) is 0 Å². The summed E-state index contributed by atoms with van der Waals surface area (Å²) in [6.07, 6.45) is 0. The van der Waals surface area contributed by atoms with E-state index in [-0.39, 0.29) is 0 Å². The SMILES string of the molecule is CP.Cc1cccc(CN2CCOCC2)c1. The van der Waals surface area contributed by atoms with Gasteiger partial charge in [0.15, 0.2) is 0 Å². The first-order chi connectivity index (χ1) is 7.84. The van der Waals surface area contributed by atoms with E-state index >= 15 is 0 Å². The first kappa shape index (κ1) is 13.6. The Hall–Kier alpha value is -0.430. The van der Waals surface area contributed by atoms with Gasteiger partial charge in [-0.15, -0.1) is 9.24 Å². The van der Waals surface area contributed by atoms with Gasteiger partial charge in [0.25, 0.3) is 0 Å². The van der Waals surface area contributed by atoms with Crippen molar-refractivity contribution < 1.29 is 4.74 Å². The predicted octanol–water partition coefficient (Wildman–Crippen LogP) is 2.32. The normalized spacial score (nSPS) is 16.4. The lowest BCUT2D eigenvalue weighted by atomic mass is 10.1. The van der Waals surface area contributed by atoms with Crippen molar-refractivity contribution in [3.05, 3.63) is 35.4 Å². The highest BCUT2D eigenvalue weighted by Crippen LogP contribution is 2.08. The van der Waals surface area contributed by atoms with Crippen molar-refractivity contribution in [3.8, 4) is 0 Å². The van der Waals surface area contributed by atoms with Crippen LogP contribution in [0.3, 0.4) is 0 Å². The molecule has 1 heterocycles. The number of benzene rings is 1. The van der Waals surface area contributed by atoms with Gasteiger partial charge in [-0.05, 0) is 12.5 Å². The van der Waals surface area contributed by atoms with Crippen molar-refractivity contribution in [2.75, 3.05) is 33.0 Å². The van der Waals surface area contributed by atoms with E-state index in [0.717, 1.165) is 32.8 Å². The van der Waals surface area contributed by atoms with Crippen LogP contribution in [0.25, 0.3) is 0 Å². The number of rotatable bonds is 2. The predicted molar refractivity (Wildman–Crippen MR) is 72.9 cm³/mol. The van der Waals surface area contributed by atoms with Gasteiger partial charge in [-0.1, -0.05) is 36.5 Å². The van der Waals surface area contributed by atoms with E-state index in [9.17, 15) is 0 Å². The second-order valence-corrected chi connectivity index (χ2v) is 3.88. The maximum absolute atomic E-state index is 5.32. The molecule has 0 amide bonds. The van der Waals surface area contributed by atoms with E-state index in [4.69, 9.17) is 4.74 Å². The lowest BCUT2D eigenvalue weighted by molar-refractivity contribution is 0.0342. The summed E-state index contributed by atoms with van der Waals surface area (Å²) < 4.78 is 5.32. The Morgan fingerprint density at radius 2 is 1.94 bits per heavy atom. The zero-order valence-corrected chi connectivity index (χ0v) is 11.4. The van der Waals surface area contributed by atoms with Gasteiger partial charge in [-0.25, -0.2) is 0 Å². The maximum atomic E-state index is 5.32. The molecule has 1 aromatic carbocycles. The molecule has 90 valence electrons.